The number of rotatable bonds is 8. The molecule has 0 aromatic heterocycles. The molecule has 1 aliphatic rings. The van der Waals surface area contributed by atoms with Crippen LogP contribution < -0.4 is 5.32 Å². The molecule has 0 amide bonds. The van der Waals surface area contributed by atoms with Gasteiger partial charge in [0.1, 0.15) is 0 Å². The lowest BCUT2D eigenvalue weighted by molar-refractivity contribution is -0.116. The molecule has 0 fully saturated rings. The third-order valence-electron chi connectivity index (χ3n) is 3.58. The summed E-state index contributed by atoms with van der Waals surface area (Å²) >= 11 is 0. The van der Waals surface area contributed by atoms with E-state index in [1.807, 2.05) is 7.05 Å². The molecule has 17 heavy (non-hydrogen) atoms. The van der Waals surface area contributed by atoms with Crippen LogP contribution in [0, 0.1) is 0 Å². The van der Waals surface area contributed by atoms with Gasteiger partial charge in [0.25, 0.3) is 0 Å². The molecule has 0 atom stereocenters. The Kier molecular flexibility index (Phi) is 7.18. The summed E-state index contributed by atoms with van der Waals surface area (Å²) in [6.45, 7) is 3.28. The second-order valence-electron chi connectivity index (χ2n) is 5.02. The molecule has 0 spiro atoms. The second kappa shape index (κ2) is 8.46. The first-order valence-corrected chi connectivity index (χ1v) is 7.18. The number of Topliss-reactive ketones (excluding diaryl/α,β-unsaturated/α-hetero) is 1. The molecule has 0 bridgehead atoms. The Morgan fingerprint density at radius 3 is 2.65 bits per heavy atom. The number of ketones is 1. The highest BCUT2D eigenvalue weighted by atomic mass is 16.1. The monoisotopic (exact) mass is 237 g/mol. The lowest BCUT2D eigenvalue weighted by Gasteiger charge is -2.19. The Bertz CT molecular complexity index is 268. The Morgan fingerprint density at radius 1 is 1.12 bits per heavy atom. The van der Waals surface area contributed by atoms with Gasteiger partial charge in [0.05, 0.1) is 0 Å². The predicted molar refractivity (Wildman–Crippen MR) is 73.2 cm³/mol. The molecule has 0 radical (unpaired) electrons. The summed E-state index contributed by atoms with van der Waals surface area (Å²) in [5, 5.41) is 3.18. The topological polar surface area (TPSA) is 29.1 Å². The van der Waals surface area contributed by atoms with Crippen molar-refractivity contribution < 1.29 is 4.79 Å². The molecule has 1 N–H and O–H groups in total. The van der Waals surface area contributed by atoms with E-state index in [-0.39, 0.29) is 0 Å². The molecule has 0 heterocycles. The standard InChI is InChI=1S/C15H27NO/c1-3-4-10-14-13(8-5-6-12-16-2)9-7-11-15(14)17/h16H,3-12H2,1-2H3. The van der Waals surface area contributed by atoms with Crippen LogP contribution in [0.1, 0.15) is 64.7 Å². The van der Waals surface area contributed by atoms with Gasteiger partial charge in [0.2, 0.25) is 0 Å². The summed E-state index contributed by atoms with van der Waals surface area (Å²) in [7, 11) is 2.00. The van der Waals surface area contributed by atoms with E-state index < -0.39 is 0 Å². The summed E-state index contributed by atoms with van der Waals surface area (Å²) in [6, 6.07) is 0. The zero-order chi connectivity index (χ0) is 12.5. The van der Waals surface area contributed by atoms with Crippen LogP contribution in [0.2, 0.25) is 0 Å². The minimum Gasteiger partial charge on any atom is -0.320 e. The van der Waals surface area contributed by atoms with E-state index in [1.54, 1.807) is 0 Å². The van der Waals surface area contributed by atoms with Gasteiger partial charge in [-0.05, 0) is 64.1 Å². The van der Waals surface area contributed by atoms with Gasteiger partial charge in [-0.2, -0.15) is 0 Å². The zero-order valence-electron chi connectivity index (χ0n) is 11.5. The number of carbonyl (C=O) groups is 1. The Morgan fingerprint density at radius 2 is 1.94 bits per heavy atom. The highest BCUT2D eigenvalue weighted by Crippen LogP contribution is 2.29. The number of allylic oxidation sites excluding steroid dienone is 2. The van der Waals surface area contributed by atoms with E-state index in [2.05, 4.69) is 12.2 Å². The fraction of sp³-hybridized carbons (Fsp3) is 0.800. The summed E-state index contributed by atoms with van der Waals surface area (Å²) in [6.07, 6.45) is 10.0. The quantitative estimate of drug-likeness (QED) is 0.653. The van der Waals surface area contributed by atoms with Crippen molar-refractivity contribution in [2.75, 3.05) is 13.6 Å². The fourth-order valence-electron chi connectivity index (χ4n) is 2.55. The van der Waals surface area contributed by atoms with Crippen molar-refractivity contribution in [3.63, 3.8) is 0 Å². The van der Waals surface area contributed by atoms with Crippen molar-refractivity contribution in [3.8, 4) is 0 Å². The maximum absolute atomic E-state index is 11.9. The van der Waals surface area contributed by atoms with Crippen LogP contribution in [0.4, 0.5) is 0 Å². The van der Waals surface area contributed by atoms with E-state index >= 15 is 0 Å². The van der Waals surface area contributed by atoms with Crippen molar-refractivity contribution in [3.05, 3.63) is 11.1 Å². The van der Waals surface area contributed by atoms with Crippen LogP contribution in [0.15, 0.2) is 11.1 Å². The van der Waals surface area contributed by atoms with Crippen molar-refractivity contribution >= 4 is 5.78 Å². The summed E-state index contributed by atoms with van der Waals surface area (Å²) < 4.78 is 0. The number of unbranched alkanes of at least 4 members (excludes halogenated alkanes) is 2. The minimum absolute atomic E-state index is 0.438. The van der Waals surface area contributed by atoms with Gasteiger partial charge in [-0.25, -0.2) is 0 Å². The summed E-state index contributed by atoms with van der Waals surface area (Å²) in [4.78, 5) is 11.9. The van der Waals surface area contributed by atoms with Gasteiger partial charge in [-0.1, -0.05) is 18.9 Å². The van der Waals surface area contributed by atoms with Gasteiger partial charge in [-0.3, -0.25) is 4.79 Å². The van der Waals surface area contributed by atoms with E-state index in [0.29, 0.717) is 5.78 Å². The van der Waals surface area contributed by atoms with Gasteiger partial charge in [-0.15, -0.1) is 0 Å². The molecule has 0 saturated carbocycles. The third-order valence-corrected chi connectivity index (χ3v) is 3.58. The van der Waals surface area contributed by atoms with Crippen LogP contribution in [0.25, 0.3) is 0 Å². The first-order chi connectivity index (χ1) is 8.29. The molecular formula is C15H27NO. The fourth-order valence-corrected chi connectivity index (χ4v) is 2.55. The van der Waals surface area contributed by atoms with Crippen molar-refractivity contribution in [1.29, 1.82) is 0 Å². The predicted octanol–water partition coefficient (Wildman–Crippen LogP) is 3.62. The molecule has 0 unspecified atom stereocenters. The van der Waals surface area contributed by atoms with Crippen LogP contribution in [0.3, 0.4) is 0 Å². The van der Waals surface area contributed by atoms with Gasteiger partial charge in [0.15, 0.2) is 5.78 Å². The van der Waals surface area contributed by atoms with Crippen LogP contribution in [0.5, 0.6) is 0 Å². The molecule has 0 aliphatic heterocycles. The van der Waals surface area contributed by atoms with Crippen molar-refractivity contribution in [2.24, 2.45) is 0 Å². The molecule has 98 valence electrons. The smallest absolute Gasteiger partial charge is 0.158 e. The van der Waals surface area contributed by atoms with E-state index in [4.69, 9.17) is 0 Å². The molecular weight excluding hydrogens is 210 g/mol. The highest BCUT2D eigenvalue weighted by Gasteiger charge is 2.19. The molecule has 1 rings (SSSR count). The highest BCUT2D eigenvalue weighted by molar-refractivity contribution is 5.96. The van der Waals surface area contributed by atoms with Gasteiger partial charge >= 0.3 is 0 Å². The normalized spacial score (nSPS) is 16.7. The van der Waals surface area contributed by atoms with Crippen LogP contribution in [-0.2, 0) is 4.79 Å². The Hall–Kier alpha value is -0.630. The van der Waals surface area contributed by atoms with Gasteiger partial charge < -0.3 is 5.32 Å². The molecule has 0 saturated heterocycles. The Labute approximate surface area is 106 Å². The minimum atomic E-state index is 0.438. The largest absolute Gasteiger partial charge is 0.320 e. The average molecular weight is 237 g/mol. The molecule has 0 aromatic carbocycles. The van der Waals surface area contributed by atoms with Gasteiger partial charge in [0, 0.05) is 6.42 Å². The number of hydrogen-bond acceptors (Lipinski definition) is 2. The zero-order valence-corrected chi connectivity index (χ0v) is 11.5. The maximum Gasteiger partial charge on any atom is 0.158 e. The Balaban J connectivity index is 2.50. The first-order valence-electron chi connectivity index (χ1n) is 7.18. The summed E-state index contributed by atoms with van der Waals surface area (Å²) in [5.41, 5.74) is 2.67. The van der Waals surface area contributed by atoms with E-state index in [0.717, 1.165) is 32.2 Å². The number of nitrogens with one attached hydrogen (secondary N) is 1. The second-order valence-corrected chi connectivity index (χ2v) is 5.02. The third kappa shape index (κ3) is 5.03. The maximum atomic E-state index is 11.9. The van der Waals surface area contributed by atoms with Crippen molar-refractivity contribution in [2.45, 2.75) is 64.7 Å². The van der Waals surface area contributed by atoms with Crippen molar-refractivity contribution in [1.82, 2.24) is 5.32 Å². The lowest BCUT2D eigenvalue weighted by atomic mass is 9.85. The molecule has 2 nitrogen and oxygen atoms in total. The molecule has 1 aliphatic carbocycles. The summed E-state index contributed by atoms with van der Waals surface area (Å²) in [5.74, 6) is 0.438. The number of carbonyl (C=O) groups excluding carboxylic acids is 1. The van der Waals surface area contributed by atoms with Crippen LogP contribution >= 0.6 is 0 Å². The van der Waals surface area contributed by atoms with E-state index in [1.165, 1.54) is 43.3 Å². The lowest BCUT2D eigenvalue weighted by Crippen LogP contribution is -2.12. The first kappa shape index (κ1) is 14.4. The molecule has 0 aromatic rings. The molecule has 2 heteroatoms. The number of hydrogen-bond donors (Lipinski definition) is 1. The van der Waals surface area contributed by atoms with E-state index in [9.17, 15) is 4.79 Å². The SMILES string of the molecule is CCCCC1=C(CCCCNC)CCCC1=O. The average Bonchev–Trinajstić information content (AvgIpc) is 2.34. The van der Waals surface area contributed by atoms with Crippen LogP contribution in [-0.4, -0.2) is 19.4 Å².